The van der Waals surface area contributed by atoms with Crippen LogP contribution in [0, 0.1) is 34.5 Å². The summed E-state index contributed by atoms with van der Waals surface area (Å²) < 4.78 is 1.92. The molecule has 7 atom stereocenters. The zero-order valence-corrected chi connectivity index (χ0v) is 20.9. The van der Waals surface area contributed by atoms with Gasteiger partial charge in [-0.15, -0.1) is 0 Å². The number of carbonyl (C=O) groups is 1. The number of aryl methyl sites for hydroxylation is 1. The Bertz CT molecular complexity index is 858. The largest absolute Gasteiger partial charge is 0.387 e. The minimum atomic E-state index is -0.781. The third-order valence-corrected chi connectivity index (χ3v) is 11.7. The second kappa shape index (κ2) is 8.33. The molecule has 5 nitrogen and oxygen atoms in total. The highest BCUT2D eigenvalue weighted by molar-refractivity contribution is 7.99. The molecule has 32 heavy (non-hydrogen) atoms. The number of hydrogen-bond donors (Lipinski definition) is 2. The van der Waals surface area contributed by atoms with Crippen LogP contribution in [0.4, 0.5) is 0 Å². The lowest BCUT2D eigenvalue weighted by Gasteiger charge is -2.61. The monoisotopic (exact) mass is 459 g/mol. The van der Waals surface area contributed by atoms with Crippen LogP contribution in [0.15, 0.2) is 17.6 Å². The van der Waals surface area contributed by atoms with Crippen LogP contribution >= 0.6 is 11.8 Å². The zero-order valence-electron chi connectivity index (χ0n) is 20.1. The summed E-state index contributed by atoms with van der Waals surface area (Å²) in [5.74, 6) is 3.46. The van der Waals surface area contributed by atoms with E-state index < -0.39 is 5.60 Å². The molecule has 4 aliphatic carbocycles. The fourth-order valence-electron chi connectivity index (χ4n) is 8.61. The number of imidazole rings is 1. The third-order valence-electron chi connectivity index (χ3n) is 10.6. The van der Waals surface area contributed by atoms with Crippen molar-refractivity contribution in [3.05, 3.63) is 12.4 Å². The van der Waals surface area contributed by atoms with Crippen molar-refractivity contribution in [2.24, 2.45) is 41.5 Å². The number of aromatic nitrogens is 2. The molecule has 4 saturated carbocycles. The molecule has 1 amide bonds. The maximum absolute atomic E-state index is 12.6. The lowest BCUT2D eigenvalue weighted by Crippen LogP contribution is -2.58. The van der Waals surface area contributed by atoms with Crippen LogP contribution in [0.5, 0.6) is 0 Å². The van der Waals surface area contributed by atoms with E-state index >= 15 is 0 Å². The van der Waals surface area contributed by atoms with Gasteiger partial charge in [-0.3, -0.25) is 4.79 Å². The number of carbonyl (C=O) groups excluding carboxylic acids is 1. The molecule has 0 saturated heterocycles. The summed E-state index contributed by atoms with van der Waals surface area (Å²) in [6.07, 6.45) is 16.4. The smallest absolute Gasteiger partial charge is 0.230 e. The van der Waals surface area contributed by atoms with E-state index in [2.05, 4.69) is 24.1 Å². The number of hydrogen-bond acceptors (Lipinski definition) is 4. The fourth-order valence-corrected chi connectivity index (χ4v) is 9.37. The summed E-state index contributed by atoms with van der Waals surface area (Å²) in [5, 5.41) is 15.8. The Hall–Kier alpha value is -1.01. The first kappa shape index (κ1) is 22.8. The molecular formula is C26H41N3O2S. The molecule has 1 aromatic rings. The highest BCUT2D eigenvalue weighted by Crippen LogP contribution is 2.68. The van der Waals surface area contributed by atoms with Crippen LogP contribution in [-0.4, -0.2) is 38.5 Å². The van der Waals surface area contributed by atoms with Crippen molar-refractivity contribution in [2.45, 2.75) is 88.8 Å². The van der Waals surface area contributed by atoms with Crippen molar-refractivity contribution in [3.8, 4) is 0 Å². The second-order valence-electron chi connectivity index (χ2n) is 11.8. The van der Waals surface area contributed by atoms with Crippen LogP contribution in [0.25, 0.3) is 0 Å². The summed E-state index contributed by atoms with van der Waals surface area (Å²) in [6.45, 7) is 5.33. The molecule has 4 aliphatic rings. The summed E-state index contributed by atoms with van der Waals surface area (Å²) in [4.78, 5) is 16.8. The van der Waals surface area contributed by atoms with Gasteiger partial charge >= 0.3 is 0 Å². The number of aliphatic hydroxyl groups is 1. The first-order chi connectivity index (χ1) is 15.3. The van der Waals surface area contributed by atoms with E-state index in [4.69, 9.17) is 0 Å². The predicted molar refractivity (Wildman–Crippen MR) is 128 cm³/mol. The molecule has 0 aliphatic heterocycles. The van der Waals surface area contributed by atoms with Crippen LogP contribution in [0.2, 0.25) is 0 Å². The van der Waals surface area contributed by atoms with Gasteiger partial charge in [0.25, 0.3) is 0 Å². The van der Waals surface area contributed by atoms with E-state index in [1.54, 1.807) is 6.20 Å². The number of nitrogens with one attached hydrogen (secondary N) is 1. The van der Waals surface area contributed by atoms with E-state index in [1.165, 1.54) is 56.7 Å². The summed E-state index contributed by atoms with van der Waals surface area (Å²) in [5.41, 5.74) is -0.331. The highest BCUT2D eigenvalue weighted by Gasteiger charge is 2.64. The van der Waals surface area contributed by atoms with Crippen molar-refractivity contribution in [1.82, 2.24) is 14.9 Å². The van der Waals surface area contributed by atoms with Crippen molar-refractivity contribution in [1.29, 1.82) is 0 Å². The molecule has 6 heteroatoms. The number of thioether (sulfide) groups is 1. The van der Waals surface area contributed by atoms with E-state index in [1.807, 2.05) is 17.8 Å². The normalized spacial score (nSPS) is 43.2. The van der Waals surface area contributed by atoms with Gasteiger partial charge in [-0.05, 0) is 80.5 Å². The number of fused-ring (bicyclic) bond motifs is 5. The molecular weight excluding hydrogens is 418 g/mol. The minimum absolute atomic E-state index is 0.0117. The molecule has 178 valence electrons. The standard InChI is InChI=1S/C26H41N3O2S/c1-24-11-5-4-6-18(24)7-8-19-20(24)9-12-25(2)21(19)10-13-26(25,31)17-28-22(30)16-32-23-27-14-15-29(23)3/h14-15,18-21,31H,4-13,16-17H2,1-3H3,(H,28,30)/t18?,19?,20?,21?,24-,25-,26+/m0/s1. The summed E-state index contributed by atoms with van der Waals surface area (Å²) in [7, 11) is 1.94. The summed E-state index contributed by atoms with van der Waals surface area (Å²) >= 11 is 1.45. The van der Waals surface area contributed by atoms with E-state index in [9.17, 15) is 9.90 Å². The van der Waals surface area contributed by atoms with Gasteiger partial charge in [0.2, 0.25) is 5.91 Å². The van der Waals surface area contributed by atoms with E-state index in [-0.39, 0.29) is 11.3 Å². The average molecular weight is 460 g/mol. The molecule has 5 rings (SSSR count). The van der Waals surface area contributed by atoms with Crippen LogP contribution in [-0.2, 0) is 11.8 Å². The molecule has 0 aromatic carbocycles. The first-order valence-corrected chi connectivity index (χ1v) is 13.8. The van der Waals surface area contributed by atoms with Crippen LogP contribution in [0.1, 0.15) is 78.1 Å². The van der Waals surface area contributed by atoms with Crippen molar-refractivity contribution in [3.63, 3.8) is 0 Å². The fraction of sp³-hybridized carbons (Fsp3) is 0.846. The molecule has 4 unspecified atom stereocenters. The van der Waals surface area contributed by atoms with Crippen LogP contribution < -0.4 is 5.32 Å². The molecule has 0 spiro atoms. The maximum Gasteiger partial charge on any atom is 0.230 e. The number of nitrogens with zero attached hydrogens (tertiary/aromatic N) is 2. The topological polar surface area (TPSA) is 67.2 Å². The maximum atomic E-state index is 12.6. The lowest BCUT2D eigenvalue weighted by atomic mass is 9.44. The van der Waals surface area contributed by atoms with Gasteiger partial charge in [-0.1, -0.05) is 38.5 Å². The Morgan fingerprint density at radius 3 is 2.75 bits per heavy atom. The Morgan fingerprint density at radius 1 is 1.16 bits per heavy atom. The van der Waals surface area contributed by atoms with Crippen molar-refractivity contribution < 1.29 is 9.90 Å². The van der Waals surface area contributed by atoms with Gasteiger partial charge in [0.05, 0.1) is 11.4 Å². The molecule has 0 radical (unpaired) electrons. The molecule has 2 N–H and O–H groups in total. The molecule has 0 bridgehead atoms. The van der Waals surface area contributed by atoms with Crippen LogP contribution in [0.3, 0.4) is 0 Å². The second-order valence-corrected chi connectivity index (χ2v) is 12.8. The van der Waals surface area contributed by atoms with E-state index in [0.717, 1.165) is 42.2 Å². The number of rotatable bonds is 5. The zero-order chi connectivity index (χ0) is 22.6. The SMILES string of the molecule is Cn1ccnc1SCC(=O)NC[C@]1(O)CCC2C3CCC4CCCC[C@]4(C)C3CC[C@@]21C. The van der Waals surface area contributed by atoms with Gasteiger partial charge < -0.3 is 15.0 Å². The average Bonchev–Trinajstić information content (AvgIpc) is 3.30. The highest BCUT2D eigenvalue weighted by atomic mass is 32.2. The van der Waals surface area contributed by atoms with Crippen molar-refractivity contribution >= 4 is 17.7 Å². The van der Waals surface area contributed by atoms with E-state index in [0.29, 0.717) is 23.6 Å². The van der Waals surface area contributed by atoms with Gasteiger partial charge in [0.1, 0.15) is 0 Å². The van der Waals surface area contributed by atoms with Gasteiger partial charge in [-0.25, -0.2) is 4.98 Å². The van der Waals surface area contributed by atoms with Crippen molar-refractivity contribution in [2.75, 3.05) is 12.3 Å². The van der Waals surface area contributed by atoms with Gasteiger partial charge in [-0.2, -0.15) is 0 Å². The number of amides is 1. The predicted octanol–water partition coefficient (Wildman–Crippen LogP) is 4.79. The Balaban J connectivity index is 1.24. The first-order valence-electron chi connectivity index (χ1n) is 12.9. The quantitative estimate of drug-likeness (QED) is 0.621. The van der Waals surface area contributed by atoms with Gasteiger partial charge in [0.15, 0.2) is 5.16 Å². The molecule has 1 heterocycles. The Morgan fingerprint density at radius 2 is 1.97 bits per heavy atom. The Kier molecular flexibility index (Phi) is 5.93. The third kappa shape index (κ3) is 3.55. The molecule has 1 aromatic heterocycles. The summed E-state index contributed by atoms with van der Waals surface area (Å²) in [6, 6.07) is 0. The minimum Gasteiger partial charge on any atom is -0.387 e. The van der Waals surface area contributed by atoms with Gasteiger partial charge in [0, 0.05) is 31.4 Å². The Labute approximate surface area is 197 Å². The molecule has 4 fully saturated rings. The lowest BCUT2D eigenvalue weighted by molar-refractivity contribution is -0.151.